The average Bonchev–Trinajstić information content (AvgIpc) is 2.97. The molecule has 0 saturated carbocycles. The Kier molecular flexibility index (Phi) is 4.12. The second-order valence-electron chi connectivity index (χ2n) is 6.51. The van der Waals surface area contributed by atoms with E-state index in [1.807, 2.05) is 19.2 Å². The van der Waals surface area contributed by atoms with Crippen LogP contribution in [0.3, 0.4) is 0 Å². The highest BCUT2D eigenvalue weighted by atomic mass is 32.1. The van der Waals surface area contributed by atoms with Crippen molar-refractivity contribution in [3.63, 3.8) is 0 Å². The summed E-state index contributed by atoms with van der Waals surface area (Å²) in [5.41, 5.74) is 0.491. The van der Waals surface area contributed by atoms with Crippen LogP contribution in [0.5, 0.6) is 0 Å². The van der Waals surface area contributed by atoms with E-state index >= 15 is 0 Å². The molecule has 1 aliphatic heterocycles. The van der Waals surface area contributed by atoms with Crippen molar-refractivity contribution in [1.29, 1.82) is 0 Å². The fraction of sp³-hybridized carbons (Fsp3) is 0.412. The van der Waals surface area contributed by atoms with E-state index in [0.29, 0.717) is 13.1 Å². The number of thiophene rings is 1. The average molecular weight is 331 g/mol. The molecule has 0 aliphatic carbocycles. The third-order valence-corrected chi connectivity index (χ3v) is 5.16. The molecule has 23 heavy (non-hydrogen) atoms. The minimum Gasteiger partial charge on any atom is -0.324 e. The fourth-order valence-electron chi connectivity index (χ4n) is 2.82. The van der Waals surface area contributed by atoms with Gasteiger partial charge in [-0.15, -0.1) is 11.3 Å². The highest BCUT2D eigenvalue weighted by Crippen LogP contribution is 2.26. The number of hydrogen-bond acceptors (Lipinski definition) is 4. The van der Waals surface area contributed by atoms with Crippen molar-refractivity contribution in [2.24, 2.45) is 0 Å². The molecule has 1 aromatic heterocycles. The molecule has 0 spiro atoms. The third-order valence-electron chi connectivity index (χ3n) is 4.15. The number of nitrogens with one attached hydrogen (secondary N) is 1. The Bertz CT molecular complexity index is 753. The number of benzene rings is 1. The molecule has 0 radical (unpaired) electrons. The molecule has 5 nitrogen and oxygen atoms in total. The zero-order chi connectivity index (χ0) is 16.6. The molecule has 1 aliphatic rings. The van der Waals surface area contributed by atoms with Crippen molar-refractivity contribution in [3.05, 3.63) is 35.2 Å². The summed E-state index contributed by atoms with van der Waals surface area (Å²) in [5.74, 6) is -0.156. The number of urea groups is 1. The largest absolute Gasteiger partial charge is 0.325 e. The summed E-state index contributed by atoms with van der Waals surface area (Å²) in [6, 6.07) is 8.06. The maximum atomic E-state index is 12.2. The van der Waals surface area contributed by atoms with Crippen molar-refractivity contribution in [1.82, 2.24) is 15.1 Å². The number of fused-ring (bicyclic) bond motifs is 1. The molecule has 1 fully saturated rings. The van der Waals surface area contributed by atoms with Crippen molar-refractivity contribution in [3.8, 4) is 0 Å². The molecule has 0 atom stereocenters. The normalized spacial score (nSPS) is 17.3. The first kappa shape index (κ1) is 16.0. The van der Waals surface area contributed by atoms with Crippen LogP contribution in [0, 0.1) is 0 Å². The molecule has 1 saturated heterocycles. The number of carbonyl (C=O) groups is 2. The van der Waals surface area contributed by atoms with Crippen molar-refractivity contribution < 1.29 is 9.59 Å². The van der Waals surface area contributed by atoms with Gasteiger partial charge in [0.1, 0.15) is 5.54 Å². The lowest BCUT2D eigenvalue weighted by molar-refractivity contribution is -0.130. The zero-order valence-electron chi connectivity index (χ0n) is 13.6. The molecule has 6 heteroatoms. The number of carbonyl (C=O) groups excluding carboxylic acids is 2. The van der Waals surface area contributed by atoms with E-state index < -0.39 is 5.54 Å². The highest BCUT2D eigenvalue weighted by molar-refractivity contribution is 7.17. The predicted molar refractivity (Wildman–Crippen MR) is 92.5 cm³/mol. The molecule has 0 unspecified atom stereocenters. The molecular weight excluding hydrogens is 310 g/mol. The lowest BCUT2D eigenvalue weighted by Gasteiger charge is -2.20. The predicted octanol–water partition coefficient (Wildman–Crippen LogP) is 2.66. The summed E-state index contributed by atoms with van der Waals surface area (Å²) in [6.07, 6.45) is 0. The molecule has 1 N–H and O–H groups in total. The monoisotopic (exact) mass is 331 g/mol. The number of likely N-dealkylation sites (N-methyl/N-ethyl adjacent to an activating group) is 1. The van der Waals surface area contributed by atoms with E-state index in [0.717, 1.165) is 6.54 Å². The van der Waals surface area contributed by atoms with Gasteiger partial charge < -0.3 is 10.2 Å². The SMILES string of the molecule is CN(CCN1C(=O)NC(C)(C)C1=O)Cc1csc2ccccc12. The van der Waals surface area contributed by atoms with Crippen LogP contribution in [0.15, 0.2) is 29.6 Å². The van der Waals surface area contributed by atoms with Gasteiger partial charge in [-0.2, -0.15) is 0 Å². The Balaban J connectivity index is 1.61. The molecule has 2 heterocycles. The maximum Gasteiger partial charge on any atom is 0.325 e. The molecule has 3 amide bonds. The van der Waals surface area contributed by atoms with Crippen LogP contribution < -0.4 is 5.32 Å². The number of imide groups is 1. The van der Waals surface area contributed by atoms with Crippen LogP contribution in [0.1, 0.15) is 19.4 Å². The summed E-state index contributed by atoms with van der Waals surface area (Å²) >= 11 is 1.74. The molecule has 2 aromatic rings. The highest BCUT2D eigenvalue weighted by Gasteiger charge is 2.43. The Morgan fingerprint density at radius 3 is 2.70 bits per heavy atom. The lowest BCUT2D eigenvalue weighted by atomic mass is 10.1. The first-order valence-corrected chi connectivity index (χ1v) is 8.54. The number of amides is 3. The summed E-state index contributed by atoms with van der Waals surface area (Å²) in [4.78, 5) is 27.5. The summed E-state index contributed by atoms with van der Waals surface area (Å²) in [7, 11) is 2.01. The van der Waals surface area contributed by atoms with Crippen LogP contribution >= 0.6 is 11.3 Å². The van der Waals surface area contributed by atoms with E-state index in [1.165, 1.54) is 20.5 Å². The van der Waals surface area contributed by atoms with Gasteiger partial charge in [-0.25, -0.2) is 4.79 Å². The first-order chi connectivity index (χ1) is 10.9. The zero-order valence-corrected chi connectivity index (χ0v) is 14.4. The summed E-state index contributed by atoms with van der Waals surface area (Å²) in [5, 5.41) is 6.16. The van der Waals surface area contributed by atoms with Gasteiger partial charge in [-0.05, 0) is 43.3 Å². The third kappa shape index (κ3) is 3.09. The Hall–Kier alpha value is -1.92. The van der Waals surface area contributed by atoms with E-state index in [2.05, 4.69) is 27.7 Å². The van der Waals surface area contributed by atoms with Gasteiger partial charge in [-0.3, -0.25) is 9.69 Å². The van der Waals surface area contributed by atoms with Crippen LogP contribution in [-0.4, -0.2) is 47.4 Å². The minimum atomic E-state index is -0.792. The van der Waals surface area contributed by atoms with Crippen LogP contribution in [-0.2, 0) is 11.3 Å². The Morgan fingerprint density at radius 2 is 2.00 bits per heavy atom. The first-order valence-electron chi connectivity index (χ1n) is 7.66. The van der Waals surface area contributed by atoms with Gasteiger partial charge in [0.2, 0.25) is 0 Å². The standard InChI is InChI=1S/C17H21N3O2S/c1-17(2)15(21)20(16(22)18-17)9-8-19(3)10-12-11-23-14-7-5-4-6-13(12)14/h4-7,11H,8-10H2,1-3H3,(H,18,22). The lowest BCUT2D eigenvalue weighted by Crippen LogP contribution is -2.41. The van der Waals surface area contributed by atoms with E-state index in [9.17, 15) is 9.59 Å². The smallest absolute Gasteiger partial charge is 0.324 e. The topological polar surface area (TPSA) is 52.6 Å². The molecule has 1 aromatic carbocycles. The second-order valence-corrected chi connectivity index (χ2v) is 7.42. The van der Waals surface area contributed by atoms with E-state index in [1.54, 1.807) is 25.2 Å². The van der Waals surface area contributed by atoms with Gasteiger partial charge in [0.15, 0.2) is 0 Å². The van der Waals surface area contributed by atoms with Crippen LogP contribution in [0.4, 0.5) is 4.79 Å². The van der Waals surface area contributed by atoms with Crippen LogP contribution in [0.2, 0.25) is 0 Å². The fourth-order valence-corrected chi connectivity index (χ4v) is 3.77. The summed E-state index contributed by atoms with van der Waals surface area (Å²) in [6.45, 7) is 5.33. The summed E-state index contributed by atoms with van der Waals surface area (Å²) < 4.78 is 1.28. The number of hydrogen-bond donors (Lipinski definition) is 1. The second kappa shape index (κ2) is 5.94. The number of nitrogens with zero attached hydrogens (tertiary/aromatic N) is 2. The molecule has 122 valence electrons. The minimum absolute atomic E-state index is 0.156. The van der Waals surface area contributed by atoms with Crippen molar-refractivity contribution in [2.45, 2.75) is 25.9 Å². The quantitative estimate of drug-likeness (QED) is 0.857. The Morgan fingerprint density at radius 1 is 1.26 bits per heavy atom. The van der Waals surface area contributed by atoms with Crippen molar-refractivity contribution in [2.75, 3.05) is 20.1 Å². The van der Waals surface area contributed by atoms with Gasteiger partial charge in [0, 0.05) is 24.3 Å². The van der Waals surface area contributed by atoms with Gasteiger partial charge in [0.25, 0.3) is 5.91 Å². The molecule has 3 rings (SSSR count). The van der Waals surface area contributed by atoms with Crippen LogP contribution in [0.25, 0.3) is 10.1 Å². The van der Waals surface area contributed by atoms with Crippen molar-refractivity contribution >= 4 is 33.4 Å². The van der Waals surface area contributed by atoms with Gasteiger partial charge in [0.05, 0.1) is 0 Å². The van der Waals surface area contributed by atoms with Gasteiger partial charge in [-0.1, -0.05) is 18.2 Å². The number of rotatable bonds is 5. The molecular formula is C17H21N3O2S. The maximum absolute atomic E-state index is 12.2. The van der Waals surface area contributed by atoms with E-state index in [4.69, 9.17) is 0 Å². The molecule has 0 bridgehead atoms. The van der Waals surface area contributed by atoms with Gasteiger partial charge >= 0.3 is 6.03 Å². The van der Waals surface area contributed by atoms with E-state index in [-0.39, 0.29) is 11.9 Å². The Labute approximate surface area is 139 Å².